The monoisotopic (exact) mass is 393 g/mol. The van der Waals surface area contributed by atoms with E-state index in [1.807, 2.05) is 31.5 Å². The van der Waals surface area contributed by atoms with E-state index < -0.39 is 0 Å². The number of carbonyl (C=O) groups excluding carboxylic acids is 1. The molecule has 0 radical (unpaired) electrons. The minimum atomic E-state index is -0.340. The largest absolute Gasteiger partial charge is 0.346 e. The van der Waals surface area contributed by atoms with E-state index in [0.29, 0.717) is 29.3 Å². The summed E-state index contributed by atoms with van der Waals surface area (Å²) >= 11 is 0. The Hall–Kier alpha value is -3.62. The molecule has 1 N–H and O–H groups in total. The van der Waals surface area contributed by atoms with E-state index in [2.05, 4.69) is 25.5 Å². The van der Waals surface area contributed by atoms with Crippen LogP contribution in [0.25, 0.3) is 17.0 Å². The minimum absolute atomic E-state index is 0.165. The van der Waals surface area contributed by atoms with Gasteiger partial charge in [0.15, 0.2) is 0 Å². The summed E-state index contributed by atoms with van der Waals surface area (Å²) < 4.78 is 16.5. The number of amides is 1. The van der Waals surface area contributed by atoms with Crippen molar-refractivity contribution in [2.24, 2.45) is 0 Å². The lowest BCUT2D eigenvalue weighted by Gasteiger charge is -2.16. The van der Waals surface area contributed by atoms with Crippen molar-refractivity contribution in [2.45, 2.75) is 33.4 Å². The first-order valence-corrected chi connectivity index (χ1v) is 9.19. The van der Waals surface area contributed by atoms with Crippen LogP contribution < -0.4 is 5.32 Å². The zero-order valence-electron chi connectivity index (χ0n) is 16.3. The van der Waals surface area contributed by atoms with Crippen molar-refractivity contribution in [2.75, 3.05) is 0 Å². The lowest BCUT2D eigenvalue weighted by Crippen LogP contribution is -2.37. The fourth-order valence-corrected chi connectivity index (χ4v) is 3.21. The van der Waals surface area contributed by atoms with Gasteiger partial charge < -0.3 is 5.32 Å². The van der Waals surface area contributed by atoms with E-state index in [1.165, 1.54) is 23.0 Å². The molecule has 29 heavy (non-hydrogen) atoms. The maximum absolute atomic E-state index is 13.2. The van der Waals surface area contributed by atoms with Crippen molar-refractivity contribution in [3.8, 4) is 11.3 Å². The summed E-state index contributed by atoms with van der Waals surface area (Å²) in [5.41, 5.74) is 3.46. The molecule has 1 atom stereocenters. The summed E-state index contributed by atoms with van der Waals surface area (Å²) in [6, 6.07) is 9.37. The van der Waals surface area contributed by atoms with Crippen LogP contribution in [0.5, 0.6) is 0 Å². The molecular formula is C20H20FN7O. The number of nitrogens with zero attached hydrogens (tertiary/aromatic N) is 6. The number of aryl methyl sites for hydroxylation is 2. The van der Waals surface area contributed by atoms with Gasteiger partial charge in [0.05, 0.1) is 17.9 Å². The minimum Gasteiger partial charge on any atom is -0.346 e. The van der Waals surface area contributed by atoms with Crippen LogP contribution in [-0.2, 0) is 6.54 Å². The van der Waals surface area contributed by atoms with E-state index in [-0.39, 0.29) is 17.8 Å². The molecular weight excluding hydrogens is 373 g/mol. The Morgan fingerprint density at radius 3 is 2.66 bits per heavy atom. The lowest BCUT2D eigenvalue weighted by molar-refractivity contribution is 0.0928. The van der Waals surface area contributed by atoms with E-state index in [4.69, 9.17) is 0 Å². The second-order valence-corrected chi connectivity index (χ2v) is 6.99. The van der Waals surface area contributed by atoms with Gasteiger partial charge in [-0.15, -0.1) is 0 Å². The summed E-state index contributed by atoms with van der Waals surface area (Å²) in [5.74, 6) is -0.350. The van der Waals surface area contributed by atoms with Gasteiger partial charge in [-0.25, -0.2) is 9.37 Å². The van der Waals surface area contributed by atoms with Crippen molar-refractivity contribution in [1.82, 2.24) is 34.7 Å². The number of aromatic nitrogens is 6. The van der Waals surface area contributed by atoms with Crippen LogP contribution in [0.2, 0.25) is 0 Å². The Labute approximate surface area is 166 Å². The van der Waals surface area contributed by atoms with E-state index in [9.17, 15) is 9.18 Å². The van der Waals surface area contributed by atoms with E-state index in [0.717, 1.165) is 11.4 Å². The van der Waals surface area contributed by atoms with Gasteiger partial charge in [-0.05, 0) is 57.2 Å². The van der Waals surface area contributed by atoms with Crippen LogP contribution in [0.4, 0.5) is 4.39 Å². The summed E-state index contributed by atoms with van der Waals surface area (Å²) in [6.45, 7) is 6.37. The summed E-state index contributed by atoms with van der Waals surface area (Å²) in [5, 5.41) is 11.5. The van der Waals surface area contributed by atoms with Gasteiger partial charge in [-0.2, -0.15) is 19.7 Å². The second kappa shape index (κ2) is 7.42. The molecule has 3 aromatic heterocycles. The Morgan fingerprint density at radius 2 is 1.97 bits per heavy atom. The van der Waals surface area contributed by atoms with Gasteiger partial charge in [0.2, 0.25) is 0 Å². The molecule has 4 rings (SSSR count). The zero-order chi connectivity index (χ0) is 20.5. The molecule has 0 aliphatic carbocycles. The van der Waals surface area contributed by atoms with Crippen LogP contribution in [-0.4, -0.2) is 41.3 Å². The highest BCUT2D eigenvalue weighted by molar-refractivity contribution is 5.94. The highest BCUT2D eigenvalue weighted by Crippen LogP contribution is 2.19. The van der Waals surface area contributed by atoms with Crippen molar-refractivity contribution in [3.63, 3.8) is 0 Å². The summed E-state index contributed by atoms with van der Waals surface area (Å²) in [4.78, 5) is 21.5. The topological polar surface area (TPSA) is 90.0 Å². The molecule has 0 aliphatic rings. The van der Waals surface area contributed by atoms with Crippen LogP contribution in [0.3, 0.4) is 0 Å². The Balaban J connectivity index is 1.62. The number of carbonyl (C=O) groups is 1. The lowest BCUT2D eigenvalue weighted by atomic mass is 10.1. The third kappa shape index (κ3) is 3.84. The quantitative estimate of drug-likeness (QED) is 0.563. The molecule has 0 aliphatic heterocycles. The predicted octanol–water partition coefficient (Wildman–Crippen LogP) is 2.56. The second-order valence-electron chi connectivity index (χ2n) is 6.99. The van der Waals surface area contributed by atoms with Gasteiger partial charge in [0.1, 0.15) is 17.8 Å². The van der Waals surface area contributed by atoms with Gasteiger partial charge in [0, 0.05) is 17.3 Å². The van der Waals surface area contributed by atoms with Gasteiger partial charge in [-0.3, -0.25) is 9.48 Å². The number of fused-ring (bicyclic) bond motifs is 1. The average Bonchev–Trinajstić information content (AvgIpc) is 3.27. The number of benzene rings is 1. The molecule has 1 amide bonds. The smallest absolute Gasteiger partial charge is 0.270 e. The number of nitrogens with one attached hydrogen (secondary N) is 1. The van der Waals surface area contributed by atoms with Gasteiger partial charge >= 0.3 is 0 Å². The SMILES string of the molecule is Cc1cc(C)n(CC(C)NC(=O)c2cc(-c3ccc(F)cc3)nc3ncnn23)n1. The number of halogens is 1. The van der Waals surface area contributed by atoms with Crippen LogP contribution >= 0.6 is 0 Å². The van der Waals surface area contributed by atoms with Crippen molar-refractivity contribution < 1.29 is 9.18 Å². The molecule has 3 heterocycles. The maximum atomic E-state index is 13.2. The third-order valence-electron chi connectivity index (χ3n) is 4.55. The molecule has 0 saturated carbocycles. The molecule has 1 aromatic carbocycles. The number of hydrogen-bond donors (Lipinski definition) is 1. The molecule has 8 nitrogen and oxygen atoms in total. The number of rotatable bonds is 5. The normalized spacial score (nSPS) is 12.3. The average molecular weight is 393 g/mol. The Bertz CT molecular complexity index is 1180. The van der Waals surface area contributed by atoms with Crippen LogP contribution in [0.15, 0.2) is 42.7 Å². The molecule has 9 heteroatoms. The standard InChI is InChI=1S/C20H20FN7O/c1-12-8-14(3)27(26-12)10-13(2)24-19(29)18-9-17(15-4-6-16(21)7-5-15)25-20-22-11-23-28(18)20/h4-9,11,13H,10H2,1-3H3,(H,24,29). The van der Waals surface area contributed by atoms with Gasteiger partial charge in [0.25, 0.3) is 11.7 Å². The molecule has 0 spiro atoms. The summed E-state index contributed by atoms with van der Waals surface area (Å²) in [7, 11) is 0. The molecule has 148 valence electrons. The van der Waals surface area contributed by atoms with E-state index in [1.54, 1.807) is 18.2 Å². The first-order chi connectivity index (χ1) is 13.9. The molecule has 0 fully saturated rings. The fraction of sp³-hybridized carbons (Fsp3) is 0.250. The van der Waals surface area contributed by atoms with Gasteiger partial charge in [-0.1, -0.05) is 0 Å². The van der Waals surface area contributed by atoms with Crippen molar-refractivity contribution >= 4 is 11.7 Å². The van der Waals surface area contributed by atoms with Crippen molar-refractivity contribution in [3.05, 3.63) is 65.6 Å². The molecule has 4 aromatic rings. The predicted molar refractivity (Wildman–Crippen MR) is 105 cm³/mol. The Kier molecular flexibility index (Phi) is 4.79. The highest BCUT2D eigenvalue weighted by Gasteiger charge is 2.18. The molecule has 0 bridgehead atoms. The number of hydrogen-bond acceptors (Lipinski definition) is 5. The van der Waals surface area contributed by atoms with Crippen molar-refractivity contribution in [1.29, 1.82) is 0 Å². The first kappa shape index (κ1) is 18.7. The molecule has 1 unspecified atom stereocenters. The third-order valence-corrected chi connectivity index (χ3v) is 4.55. The van der Waals surface area contributed by atoms with Crippen LogP contribution in [0, 0.1) is 19.7 Å². The Morgan fingerprint density at radius 1 is 1.21 bits per heavy atom. The zero-order valence-corrected chi connectivity index (χ0v) is 16.3. The van der Waals surface area contributed by atoms with Crippen LogP contribution in [0.1, 0.15) is 28.8 Å². The summed E-state index contributed by atoms with van der Waals surface area (Å²) in [6.07, 6.45) is 1.34. The first-order valence-electron chi connectivity index (χ1n) is 9.19. The van der Waals surface area contributed by atoms with E-state index >= 15 is 0 Å². The fourth-order valence-electron chi connectivity index (χ4n) is 3.21. The highest BCUT2D eigenvalue weighted by atomic mass is 19.1. The molecule has 0 saturated heterocycles. The maximum Gasteiger partial charge on any atom is 0.270 e.